The molecule has 0 bridgehead atoms. The summed E-state index contributed by atoms with van der Waals surface area (Å²) < 4.78 is 16.3. The number of carbonyl (C=O) groups excluding carboxylic acids is 1. The van der Waals surface area contributed by atoms with Crippen LogP contribution in [0.15, 0.2) is 0 Å². The van der Waals surface area contributed by atoms with Crippen LogP contribution in [0.1, 0.15) is 20.8 Å². The predicted molar refractivity (Wildman–Crippen MR) is 57.7 cm³/mol. The Morgan fingerprint density at radius 2 is 2.25 bits per heavy atom. The van der Waals surface area contributed by atoms with Gasteiger partial charge in [0.2, 0.25) is 7.37 Å². The second kappa shape index (κ2) is 4.45. The normalized spacial score (nSPS) is 25.6. The highest BCUT2D eigenvalue weighted by molar-refractivity contribution is 7.57. The lowest BCUT2D eigenvalue weighted by atomic mass is 9.95. The van der Waals surface area contributed by atoms with Gasteiger partial charge in [0.15, 0.2) is 0 Å². The molecular weight excluding hydrogens is 233 g/mol. The Bertz CT molecular complexity index is 324. The van der Waals surface area contributed by atoms with Crippen LogP contribution in [-0.2, 0) is 18.9 Å². The first-order valence-electron chi connectivity index (χ1n) is 5.01. The van der Waals surface area contributed by atoms with E-state index in [0.29, 0.717) is 6.61 Å². The molecule has 1 N–H and O–H groups in total. The fourth-order valence-corrected chi connectivity index (χ4v) is 1.45. The van der Waals surface area contributed by atoms with Crippen LogP contribution in [0, 0.1) is 5.41 Å². The summed E-state index contributed by atoms with van der Waals surface area (Å²) in [4.78, 5) is 26.0. The smallest absolute Gasteiger partial charge is 0.256 e. The fourth-order valence-electron chi connectivity index (χ4n) is 1.11. The van der Waals surface area contributed by atoms with E-state index in [1.807, 2.05) is 0 Å². The third kappa shape index (κ3) is 3.04. The summed E-state index contributed by atoms with van der Waals surface area (Å²) in [6.45, 7) is 6.43. The van der Waals surface area contributed by atoms with Crippen molar-refractivity contribution in [3.8, 4) is 0 Å². The fraction of sp³-hybridized carbons (Fsp3) is 0.889. The lowest BCUT2D eigenvalue weighted by Gasteiger charge is -2.20. The molecule has 0 spiro atoms. The van der Waals surface area contributed by atoms with E-state index in [9.17, 15) is 14.3 Å². The van der Waals surface area contributed by atoms with Crippen LogP contribution >= 0.6 is 7.37 Å². The molecule has 6 nitrogen and oxygen atoms in total. The molecule has 1 aliphatic heterocycles. The summed E-state index contributed by atoms with van der Waals surface area (Å²) in [5.41, 5.74) is -0.554. The van der Waals surface area contributed by atoms with Crippen molar-refractivity contribution in [3.05, 3.63) is 0 Å². The lowest BCUT2D eigenvalue weighted by molar-refractivity contribution is -0.189. The van der Waals surface area contributed by atoms with E-state index in [0.717, 1.165) is 5.06 Å². The van der Waals surface area contributed by atoms with Crippen molar-refractivity contribution in [2.45, 2.75) is 26.6 Å². The van der Waals surface area contributed by atoms with Gasteiger partial charge in [0.25, 0.3) is 5.91 Å². The summed E-state index contributed by atoms with van der Waals surface area (Å²) in [5, 5.41) is 1.09. The minimum atomic E-state index is -3.28. The Kier molecular flexibility index (Phi) is 3.80. The molecule has 2 atom stereocenters. The van der Waals surface area contributed by atoms with E-state index in [1.54, 1.807) is 13.8 Å². The molecule has 94 valence electrons. The molecule has 0 aromatic rings. The van der Waals surface area contributed by atoms with Crippen molar-refractivity contribution in [1.82, 2.24) is 5.06 Å². The maximum atomic E-state index is 11.7. The highest BCUT2D eigenvalue weighted by atomic mass is 31.2. The number of amides is 1. The van der Waals surface area contributed by atoms with E-state index in [2.05, 4.69) is 0 Å². The Morgan fingerprint density at radius 1 is 1.69 bits per heavy atom. The second-order valence-electron chi connectivity index (χ2n) is 4.68. The maximum Gasteiger partial charge on any atom is 0.256 e. The van der Waals surface area contributed by atoms with Crippen LogP contribution < -0.4 is 0 Å². The zero-order valence-corrected chi connectivity index (χ0v) is 10.9. The number of hydroxylamine groups is 2. The first-order chi connectivity index (χ1) is 7.14. The molecule has 0 aliphatic carbocycles. The Balaban J connectivity index is 2.47. The molecule has 2 unspecified atom stereocenters. The van der Waals surface area contributed by atoms with E-state index in [1.165, 1.54) is 13.6 Å². The van der Waals surface area contributed by atoms with Crippen molar-refractivity contribution in [2.24, 2.45) is 5.41 Å². The molecule has 1 fully saturated rings. The topological polar surface area (TPSA) is 76.1 Å². The Hall–Kier alpha value is -0.420. The first kappa shape index (κ1) is 13.6. The van der Waals surface area contributed by atoms with Crippen LogP contribution in [0.2, 0.25) is 0 Å². The van der Waals surface area contributed by atoms with Gasteiger partial charge in [-0.1, -0.05) is 0 Å². The number of carbonyl (C=O) groups is 1. The number of ether oxygens (including phenoxy) is 1. The van der Waals surface area contributed by atoms with Crippen molar-refractivity contribution in [3.63, 3.8) is 0 Å². The van der Waals surface area contributed by atoms with Gasteiger partial charge in [-0.15, -0.1) is 0 Å². The van der Waals surface area contributed by atoms with Gasteiger partial charge in [-0.25, -0.2) is 0 Å². The standard InChI is InChI=1S/C9H18NO5P/c1-7(16(4,12)13)14-6-10-8(11)9(2,3)5-15-10/h7H,5-6H2,1-4H3,(H,12,13). The number of hydrogen-bond donors (Lipinski definition) is 1. The van der Waals surface area contributed by atoms with Crippen LogP contribution in [0.5, 0.6) is 0 Å². The van der Waals surface area contributed by atoms with E-state index >= 15 is 0 Å². The molecule has 1 aliphatic rings. The molecular formula is C9H18NO5P. The lowest BCUT2D eigenvalue weighted by Crippen LogP contribution is -2.33. The van der Waals surface area contributed by atoms with Gasteiger partial charge in [-0.05, 0) is 20.8 Å². The minimum Gasteiger partial charge on any atom is -0.346 e. The van der Waals surface area contributed by atoms with Crippen molar-refractivity contribution in [2.75, 3.05) is 20.0 Å². The largest absolute Gasteiger partial charge is 0.346 e. The maximum absolute atomic E-state index is 11.7. The molecule has 0 radical (unpaired) electrons. The highest BCUT2D eigenvalue weighted by Gasteiger charge is 2.40. The monoisotopic (exact) mass is 251 g/mol. The molecule has 7 heteroatoms. The van der Waals surface area contributed by atoms with Gasteiger partial charge < -0.3 is 9.63 Å². The van der Waals surface area contributed by atoms with Gasteiger partial charge in [0, 0.05) is 6.66 Å². The molecule has 1 heterocycles. The van der Waals surface area contributed by atoms with Gasteiger partial charge in [0.1, 0.15) is 12.6 Å². The third-order valence-corrected chi connectivity index (χ3v) is 3.99. The highest BCUT2D eigenvalue weighted by Crippen LogP contribution is 2.42. The van der Waals surface area contributed by atoms with Gasteiger partial charge in [-0.2, -0.15) is 5.06 Å². The average molecular weight is 251 g/mol. The number of rotatable bonds is 4. The SMILES string of the molecule is CC(OCN1OCC(C)(C)C1=O)P(C)(=O)O. The zero-order chi connectivity index (χ0) is 12.6. The number of nitrogens with zero attached hydrogens (tertiary/aromatic N) is 1. The summed E-state index contributed by atoms with van der Waals surface area (Å²) in [5.74, 6) is -0.990. The van der Waals surface area contributed by atoms with Gasteiger partial charge in [-0.3, -0.25) is 14.2 Å². The first-order valence-corrected chi connectivity index (χ1v) is 7.18. The Morgan fingerprint density at radius 3 is 2.62 bits per heavy atom. The minimum absolute atomic E-state index is 0.123. The van der Waals surface area contributed by atoms with Crippen LogP contribution in [-0.4, -0.2) is 41.7 Å². The quantitative estimate of drug-likeness (QED) is 0.754. The number of hydrogen-bond acceptors (Lipinski definition) is 4. The van der Waals surface area contributed by atoms with Crippen LogP contribution in [0.25, 0.3) is 0 Å². The van der Waals surface area contributed by atoms with Gasteiger partial charge >= 0.3 is 0 Å². The second-order valence-corrected chi connectivity index (χ2v) is 7.29. The average Bonchev–Trinajstić information content (AvgIpc) is 2.38. The Labute approximate surface area is 94.9 Å². The van der Waals surface area contributed by atoms with E-state index in [4.69, 9.17) is 9.57 Å². The summed E-state index contributed by atoms with van der Waals surface area (Å²) in [7, 11) is -3.28. The van der Waals surface area contributed by atoms with Crippen molar-refractivity contribution < 1.29 is 23.8 Å². The predicted octanol–water partition coefficient (Wildman–Crippen LogP) is 1.01. The molecule has 0 saturated carbocycles. The zero-order valence-electron chi connectivity index (χ0n) is 9.97. The molecule has 1 amide bonds. The van der Waals surface area contributed by atoms with E-state index in [-0.39, 0.29) is 12.6 Å². The molecule has 0 aromatic carbocycles. The summed E-state index contributed by atoms with van der Waals surface area (Å²) >= 11 is 0. The van der Waals surface area contributed by atoms with Crippen molar-refractivity contribution in [1.29, 1.82) is 0 Å². The molecule has 0 aromatic heterocycles. The molecule has 1 saturated heterocycles. The van der Waals surface area contributed by atoms with Crippen LogP contribution in [0.4, 0.5) is 0 Å². The third-order valence-electron chi connectivity index (χ3n) is 2.49. The van der Waals surface area contributed by atoms with Gasteiger partial charge in [0.05, 0.1) is 12.0 Å². The molecule has 1 rings (SSSR count). The summed E-state index contributed by atoms with van der Waals surface area (Å²) in [6, 6.07) is 0. The van der Waals surface area contributed by atoms with E-state index < -0.39 is 18.6 Å². The molecule has 16 heavy (non-hydrogen) atoms. The summed E-state index contributed by atoms with van der Waals surface area (Å²) in [6.07, 6.45) is 0. The van der Waals surface area contributed by atoms with Crippen LogP contribution in [0.3, 0.4) is 0 Å². The van der Waals surface area contributed by atoms with Crippen molar-refractivity contribution >= 4 is 13.3 Å².